The summed E-state index contributed by atoms with van der Waals surface area (Å²) in [6.07, 6.45) is 1.63. The molecule has 0 atom stereocenters. The second-order valence-electron chi connectivity index (χ2n) is 2.25. The minimum Gasteiger partial charge on any atom is -0.262 e. The van der Waals surface area contributed by atoms with Crippen molar-refractivity contribution in [1.82, 2.24) is 9.71 Å². The van der Waals surface area contributed by atoms with Crippen molar-refractivity contribution >= 4 is 12.8 Å². The molecule has 0 aliphatic rings. The van der Waals surface area contributed by atoms with Crippen LogP contribution in [0.25, 0.3) is 0 Å². The van der Waals surface area contributed by atoms with Gasteiger partial charge in [-0.15, -0.1) is 0 Å². The van der Waals surface area contributed by atoms with E-state index in [4.69, 9.17) is 0 Å². The predicted molar refractivity (Wildman–Crippen MR) is 44.8 cm³/mol. The molecule has 0 bridgehead atoms. The summed E-state index contributed by atoms with van der Waals surface area (Å²) < 4.78 is 15.4. The van der Waals surface area contributed by atoms with Gasteiger partial charge in [-0.1, -0.05) is 12.8 Å². The van der Waals surface area contributed by atoms with Crippen molar-refractivity contribution in [3.05, 3.63) is 29.3 Å². The minimum absolute atomic E-state index is 0.272. The highest BCUT2D eigenvalue weighted by Crippen LogP contribution is 2.05. The lowest BCUT2D eigenvalue weighted by Gasteiger charge is -1.99. The maximum atomic E-state index is 12.8. The lowest BCUT2D eigenvalue weighted by atomic mass is 10.2. The molecule has 0 saturated heterocycles. The third-order valence-corrected chi connectivity index (χ3v) is 1.52. The zero-order chi connectivity index (χ0) is 8.27. The lowest BCUT2D eigenvalue weighted by molar-refractivity contribution is 0.606. The predicted octanol–water partition coefficient (Wildman–Crippen LogP) is 1.46. The van der Waals surface area contributed by atoms with Gasteiger partial charge < -0.3 is 0 Å². The van der Waals surface area contributed by atoms with E-state index in [2.05, 4.69) is 22.5 Å². The highest BCUT2D eigenvalue weighted by Gasteiger charge is 1.98. The van der Waals surface area contributed by atoms with Gasteiger partial charge in [-0.05, 0) is 18.6 Å². The second-order valence-corrected chi connectivity index (χ2v) is 2.56. The molecule has 1 aromatic heterocycles. The fourth-order valence-corrected chi connectivity index (χ4v) is 0.916. The van der Waals surface area contributed by atoms with Crippen LogP contribution < -0.4 is 4.72 Å². The van der Waals surface area contributed by atoms with E-state index < -0.39 is 0 Å². The quantitative estimate of drug-likeness (QED) is 0.660. The topological polar surface area (TPSA) is 24.9 Å². The largest absolute Gasteiger partial charge is 0.262 e. The Labute approximate surface area is 70.4 Å². The van der Waals surface area contributed by atoms with Gasteiger partial charge in [-0.3, -0.25) is 9.71 Å². The highest BCUT2D eigenvalue weighted by molar-refractivity contribution is 7.78. The first kappa shape index (κ1) is 8.49. The number of aryl methyl sites for hydroxylation is 1. The SMILES string of the molecule is Cc1ncc(CNS)cc1F. The summed E-state index contributed by atoms with van der Waals surface area (Å²) in [5.74, 6) is -0.272. The minimum atomic E-state index is -0.272. The van der Waals surface area contributed by atoms with Crippen LogP contribution in [0.1, 0.15) is 11.3 Å². The number of thiol groups is 1. The zero-order valence-corrected chi connectivity index (χ0v) is 7.03. The van der Waals surface area contributed by atoms with Gasteiger partial charge in [0.05, 0.1) is 5.69 Å². The first-order valence-corrected chi connectivity index (χ1v) is 3.66. The summed E-state index contributed by atoms with van der Waals surface area (Å²) >= 11 is 3.79. The van der Waals surface area contributed by atoms with Gasteiger partial charge in [0.25, 0.3) is 0 Å². The van der Waals surface area contributed by atoms with Crippen molar-refractivity contribution in [3.63, 3.8) is 0 Å². The van der Waals surface area contributed by atoms with Crippen LogP contribution in [0.15, 0.2) is 12.3 Å². The Bertz CT molecular complexity index is 252. The standard InChI is InChI=1S/C7H9FN2S/c1-5-7(8)2-6(3-9-5)4-10-11/h2-3,10-11H,4H2,1H3. The van der Waals surface area contributed by atoms with E-state index in [9.17, 15) is 4.39 Å². The molecule has 0 saturated carbocycles. The van der Waals surface area contributed by atoms with Gasteiger partial charge in [-0.25, -0.2) is 4.39 Å². The average Bonchev–Trinajstić information content (AvgIpc) is 1.98. The molecule has 0 radical (unpaired) electrons. The third-order valence-electron chi connectivity index (χ3n) is 1.36. The van der Waals surface area contributed by atoms with E-state index in [1.54, 1.807) is 13.1 Å². The number of aromatic nitrogens is 1. The molecule has 1 aromatic rings. The van der Waals surface area contributed by atoms with E-state index in [-0.39, 0.29) is 5.82 Å². The van der Waals surface area contributed by atoms with Crippen molar-refractivity contribution < 1.29 is 4.39 Å². The molecule has 0 fully saturated rings. The molecule has 2 nitrogen and oxygen atoms in total. The smallest absolute Gasteiger partial charge is 0.144 e. The number of pyridine rings is 1. The highest BCUT2D eigenvalue weighted by atomic mass is 32.1. The van der Waals surface area contributed by atoms with Crippen molar-refractivity contribution in [3.8, 4) is 0 Å². The molecular weight excluding hydrogens is 163 g/mol. The maximum Gasteiger partial charge on any atom is 0.144 e. The second kappa shape index (κ2) is 3.69. The molecule has 0 aromatic carbocycles. The monoisotopic (exact) mass is 172 g/mol. The number of nitrogens with one attached hydrogen (secondary N) is 1. The van der Waals surface area contributed by atoms with Gasteiger partial charge in [0.1, 0.15) is 5.82 Å². The van der Waals surface area contributed by atoms with Gasteiger partial charge >= 0.3 is 0 Å². The van der Waals surface area contributed by atoms with Crippen molar-refractivity contribution in [1.29, 1.82) is 0 Å². The zero-order valence-electron chi connectivity index (χ0n) is 6.13. The van der Waals surface area contributed by atoms with E-state index in [0.717, 1.165) is 5.56 Å². The van der Waals surface area contributed by atoms with Crippen molar-refractivity contribution in [2.75, 3.05) is 0 Å². The molecular formula is C7H9FN2S. The first-order valence-electron chi connectivity index (χ1n) is 3.22. The van der Waals surface area contributed by atoms with Gasteiger partial charge in [0.2, 0.25) is 0 Å². The average molecular weight is 172 g/mol. The fraction of sp³-hybridized carbons (Fsp3) is 0.286. The Kier molecular flexibility index (Phi) is 2.84. The van der Waals surface area contributed by atoms with E-state index in [0.29, 0.717) is 12.2 Å². The number of halogens is 1. The van der Waals surface area contributed by atoms with Crippen LogP contribution in [-0.4, -0.2) is 4.98 Å². The van der Waals surface area contributed by atoms with Crippen LogP contribution in [0.2, 0.25) is 0 Å². The molecule has 1 heterocycles. The molecule has 0 aliphatic carbocycles. The van der Waals surface area contributed by atoms with Gasteiger partial charge in [-0.2, -0.15) is 0 Å². The number of rotatable bonds is 2. The Hall–Kier alpha value is -0.610. The number of hydrogen-bond donors (Lipinski definition) is 2. The Morgan fingerprint density at radius 3 is 3.00 bits per heavy atom. The van der Waals surface area contributed by atoms with Crippen LogP contribution in [0, 0.1) is 12.7 Å². The van der Waals surface area contributed by atoms with Crippen LogP contribution in [0.4, 0.5) is 4.39 Å². The van der Waals surface area contributed by atoms with E-state index in [1.165, 1.54) is 6.07 Å². The van der Waals surface area contributed by atoms with Crippen LogP contribution in [-0.2, 0) is 6.54 Å². The van der Waals surface area contributed by atoms with E-state index >= 15 is 0 Å². The Morgan fingerprint density at radius 1 is 1.73 bits per heavy atom. The van der Waals surface area contributed by atoms with Crippen molar-refractivity contribution in [2.45, 2.75) is 13.5 Å². The van der Waals surface area contributed by atoms with Crippen LogP contribution in [0.5, 0.6) is 0 Å². The molecule has 0 amide bonds. The van der Waals surface area contributed by atoms with Gasteiger partial charge in [0.15, 0.2) is 0 Å². The summed E-state index contributed by atoms with van der Waals surface area (Å²) in [5.41, 5.74) is 1.22. The molecule has 1 N–H and O–H groups in total. The molecule has 0 aliphatic heterocycles. The van der Waals surface area contributed by atoms with Crippen LogP contribution in [0.3, 0.4) is 0 Å². The first-order chi connectivity index (χ1) is 5.24. The summed E-state index contributed by atoms with van der Waals surface area (Å²) in [6, 6.07) is 1.45. The van der Waals surface area contributed by atoms with E-state index in [1.807, 2.05) is 0 Å². The van der Waals surface area contributed by atoms with Crippen molar-refractivity contribution in [2.24, 2.45) is 0 Å². The van der Waals surface area contributed by atoms with Crippen LogP contribution >= 0.6 is 12.8 Å². The van der Waals surface area contributed by atoms with Gasteiger partial charge in [0, 0.05) is 12.7 Å². The Balaban J connectivity index is 2.86. The summed E-state index contributed by atoms with van der Waals surface area (Å²) in [4.78, 5) is 3.85. The summed E-state index contributed by atoms with van der Waals surface area (Å²) in [6.45, 7) is 2.15. The number of hydrogen-bond acceptors (Lipinski definition) is 3. The lowest BCUT2D eigenvalue weighted by Crippen LogP contribution is -2.00. The summed E-state index contributed by atoms with van der Waals surface area (Å²) in [5, 5.41) is 0. The molecule has 0 spiro atoms. The molecule has 0 unspecified atom stereocenters. The number of nitrogens with zero attached hydrogens (tertiary/aromatic N) is 1. The third kappa shape index (κ3) is 2.17. The molecule has 1 rings (SSSR count). The summed E-state index contributed by atoms with van der Waals surface area (Å²) in [7, 11) is 0. The maximum absolute atomic E-state index is 12.8. The molecule has 60 valence electrons. The molecule has 4 heteroatoms. The Morgan fingerprint density at radius 2 is 2.45 bits per heavy atom. The normalized spacial score (nSPS) is 10.1. The fourth-order valence-electron chi connectivity index (χ4n) is 0.734. The molecule has 11 heavy (non-hydrogen) atoms.